The Labute approximate surface area is 118 Å². The van der Waals surface area contributed by atoms with Crippen LogP contribution in [0.25, 0.3) is 11.0 Å². The molecule has 98 valence electrons. The molecule has 0 atom stereocenters. The standard InChI is InChI=1S/C13H11ClFN3S/c14-4-3-13-17-11-2-1-9(15)5-12(11)18(13)6-10-7-19-8-16-10/h1-2,5,7-8H,3-4,6H2. The summed E-state index contributed by atoms with van der Waals surface area (Å²) in [7, 11) is 0. The molecule has 0 radical (unpaired) electrons. The minimum atomic E-state index is -0.260. The number of imidazole rings is 1. The van der Waals surface area contributed by atoms with Crippen molar-refractivity contribution < 1.29 is 4.39 Å². The van der Waals surface area contributed by atoms with Crippen molar-refractivity contribution in [2.45, 2.75) is 13.0 Å². The summed E-state index contributed by atoms with van der Waals surface area (Å²) in [4.78, 5) is 8.78. The van der Waals surface area contributed by atoms with Gasteiger partial charge in [0.1, 0.15) is 11.6 Å². The quantitative estimate of drug-likeness (QED) is 0.690. The van der Waals surface area contributed by atoms with Gasteiger partial charge in [-0.2, -0.15) is 0 Å². The minimum Gasteiger partial charge on any atom is -0.322 e. The zero-order valence-electron chi connectivity index (χ0n) is 10.0. The SMILES string of the molecule is Fc1ccc2nc(CCCl)n(Cc3cscn3)c2c1. The summed E-state index contributed by atoms with van der Waals surface area (Å²) in [6, 6.07) is 4.62. The zero-order valence-corrected chi connectivity index (χ0v) is 11.6. The van der Waals surface area contributed by atoms with Crippen molar-refractivity contribution in [3.05, 3.63) is 46.4 Å². The number of aryl methyl sites for hydroxylation is 1. The number of halogens is 2. The molecule has 0 N–H and O–H groups in total. The summed E-state index contributed by atoms with van der Waals surface area (Å²) in [5.41, 5.74) is 4.31. The lowest BCUT2D eigenvalue weighted by atomic mass is 10.3. The van der Waals surface area contributed by atoms with Gasteiger partial charge in [-0.15, -0.1) is 22.9 Å². The molecule has 19 heavy (non-hydrogen) atoms. The second kappa shape index (κ2) is 5.27. The first kappa shape index (κ1) is 12.6. The van der Waals surface area contributed by atoms with Crippen molar-refractivity contribution in [1.82, 2.24) is 14.5 Å². The molecular weight excluding hydrogens is 285 g/mol. The first-order valence-corrected chi connectivity index (χ1v) is 7.33. The van der Waals surface area contributed by atoms with Crippen LogP contribution in [0.2, 0.25) is 0 Å². The summed E-state index contributed by atoms with van der Waals surface area (Å²) in [5.74, 6) is 1.09. The van der Waals surface area contributed by atoms with Crippen LogP contribution in [0.5, 0.6) is 0 Å². The fourth-order valence-electron chi connectivity index (χ4n) is 2.08. The van der Waals surface area contributed by atoms with Crippen molar-refractivity contribution in [3.8, 4) is 0 Å². The van der Waals surface area contributed by atoms with E-state index in [4.69, 9.17) is 11.6 Å². The summed E-state index contributed by atoms with van der Waals surface area (Å²) >= 11 is 7.35. The summed E-state index contributed by atoms with van der Waals surface area (Å²) in [5, 5.41) is 1.98. The fourth-order valence-corrected chi connectivity index (χ4v) is 2.79. The van der Waals surface area contributed by atoms with Crippen LogP contribution in [0.3, 0.4) is 0 Å². The smallest absolute Gasteiger partial charge is 0.125 e. The second-order valence-corrected chi connectivity index (χ2v) is 5.26. The third-order valence-corrected chi connectivity index (χ3v) is 3.74. The van der Waals surface area contributed by atoms with Gasteiger partial charge in [0.05, 0.1) is 28.8 Å². The molecule has 0 bridgehead atoms. The maximum Gasteiger partial charge on any atom is 0.125 e. The van der Waals surface area contributed by atoms with E-state index in [1.54, 1.807) is 22.9 Å². The van der Waals surface area contributed by atoms with Crippen LogP contribution in [0.1, 0.15) is 11.5 Å². The fraction of sp³-hybridized carbons (Fsp3) is 0.231. The van der Waals surface area contributed by atoms with Crippen molar-refractivity contribution in [2.75, 3.05) is 5.88 Å². The van der Waals surface area contributed by atoms with Gasteiger partial charge in [-0.3, -0.25) is 0 Å². The van der Waals surface area contributed by atoms with Gasteiger partial charge < -0.3 is 4.57 Å². The molecule has 1 aromatic carbocycles. The molecule has 0 amide bonds. The van der Waals surface area contributed by atoms with E-state index < -0.39 is 0 Å². The lowest BCUT2D eigenvalue weighted by Crippen LogP contribution is -2.06. The first-order chi connectivity index (χ1) is 9.28. The topological polar surface area (TPSA) is 30.7 Å². The third-order valence-electron chi connectivity index (χ3n) is 2.91. The van der Waals surface area contributed by atoms with Crippen LogP contribution in [0, 0.1) is 5.82 Å². The maximum absolute atomic E-state index is 13.4. The Hall–Kier alpha value is -1.46. The Kier molecular flexibility index (Phi) is 3.48. The van der Waals surface area contributed by atoms with E-state index in [0.29, 0.717) is 18.8 Å². The highest BCUT2D eigenvalue weighted by atomic mass is 35.5. The third kappa shape index (κ3) is 2.48. The van der Waals surface area contributed by atoms with E-state index in [0.717, 1.165) is 22.6 Å². The van der Waals surface area contributed by atoms with Crippen LogP contribution in [-0.2, 0) is 13.0 Å². The summed E-state index contributed by atoms with van der Waals surface area (Å²) < 4.78 is 15.4. The van der Waals surface area contributed by atoms with Gasteiger partial charge in [-0.1, -0.05) is 0 Å². The Morgan fingerprint density at radius 1 is 1.37 bits per heavy atom. The van der Waals surface area contributed by atoms with Gasteiger partial charge >= 0.3 is 0 Å². The van der Waals surface area contributed by atoms with Crippen LogP contribution in [-0.4, -0.2) is 20.4 Å². The van der Waals surface area contributed by atoms with Gasteiger partial charge in [-0.05, 0) is 18.2 Å². The summed E-state index contributed by atoms with van der Waals surface area (Å²) in [6.07, 6.45) is 0.655. The van der Waals surface area contributed by atoms with E-state index in [2.05, 4.69) is 9.97 Å². The lowest BCUT2D eigenvalue weighted by molar-refractivity contribution is 0.628. The largest absolute Gasteiger partial charge is 0.322 e. The van der Waals surface area contributed by atoms with E-state index in [-0.39, 0.29) is 5.82 Å². The maximum atomic E-state index is 13.4. The number of alkyl halides is 1. The minimum absolute atomic E-state index is 0.260. The van der Waals surface area contributed by atoms with Crippen LogP contribution >= 0.6 is 22.9 Å². The number of thiazole rings is 1. The average Bonchev–Trinajstić information content (AvgIpc) is 3.00. The molecule has 0 saturated carbocycles. The van der Waals surface area contributed by atoms with Gasteiger partial charge in [0.15, 0.2) is 0 Å². The molecule has 0 fully saturated rings. The van der Waals surface area contributed by atoms with Crippen molar-refractivity contribution in [1.29, 1.82) is 0 Å². The Balaban J connectivity index is 2.12. The number of rotatable bonds is 4. The highest BCUT2D eigenvalue weighted by molar-refractivity contribution is 7.07. The van der Waals surface area contributed by atoms with E-state index in [1.807, 2.05) is 9.95 Å². The molecule has 0 aliphatic heterocycles. The van der Waals surface area contributed by atoms with Crippen LogP contribution in [0.4, 0.5) is 4.39 Å². The molecule has 0 aliphatic rings. The van der Waals surface area contributed by atoms with Crippen LogP contribution < -0.4 is 0 Å². The number of nitrogens with zero attached hydrogens (tertiary/aromatic N) is 3. The molecule has 3 aromatic rings. The number of hydrogen-bond acceptors (Lipinski definition) is 3. The predicted molar refractivity (Wildman–Crippen MR) is 75.3 cm³/mol. The first-order valence-electron chi connectivity index (χ1n) is 5.85. The monoisotopic (exact) mass is 295 g/mol. The van der Waals surface area contributed by atoms with Crippen molar-refractivity contribution >= 4 is 34.0 Å². The molecule has 6 heteroatoms. The highest BCUT2D eigenvalue weighted by Crippen LogP contribution is 2.20. The zero-order chi connectivity index (χ0) is 13.2. The van der Waals surface area contributed by atoms with Crippen LogP contribution in [0.15, 0.2) is 29.1 Å². The molecule has 0 unspecified atom stereocenters. The average molecular weight is 296 g/mol. The van der Waals surface area contributed by atoms with E-state index in [1.165, 1.54) is 12.1 Å². The lowest BCUT2D eigenvalue weighted by Gasteiger charge is -2.06. The Bertz CT molecular complexity index is 693. The number of fused-ring (bicyclic) bond motifs is 1. The molecule has 2 heterocycles. The summed E-state index contributed by atoms with van der Waals surface area (Å²) in [6.45, 7) is 0.593. The molecule has 0 saturated heterocycles. The number of hydrogen-bond donors (Lipinski definition) is 0. The molecular formula is C13H11ClFN3S. The molecule has 3 nitrogen and oxygen atoms in total. The Morgan fingerprint density at radius 3 is 3.00 bits per heavy atom. The molecule has 0 spiro atoms. The number of benzene rings is 1. The number of aromatic nitrogens is 3. The van der Waals surface area contributed by atoms with E-state index >= 15 is 0 Å². The van der Waals surface area contributed by atoms with E-state index in [9.17, 15) is 4.39 Å². The highest BCUT2D eigenvalue weighted by Gasteiger charge is 2.12. The van der Waals surface area contributed by atoms with Gasteiger partial charge in [-0.25, -0.2) is 14.4 Å². The van der Waals surface area contributed by atoms with Gasteiger partial charge in [0, 0.05) is 17.7 Å². The van der Waals surface area contributed by atoms with Crippen molar-refractivity contribution in [3.63, 3.8) is 0 Å². The predicted octanol–water partition coefficient (Wildman–Crippen LogP) is 3.46. The van der Waals surface area contributed by atoms with Gasteiger partial charge in [0.2, 0.25) is 0 Å². The molecule has 0 aliphatic carbocycles. The van der Waals surface area contributed by atoms with Crippen molar-refractivity contribution in [2.24, 2.45) is 0 Å². The normalized spacial score (nSPS) is 11.3. The van der Waals surface area contributed by atoms with Gasteiger partial charge in [0.25, 0.3) is 0 Å². The Morgan fingerprint density at radius 2 is 2.26 bits per heavy atom. The molecule has 2 aromatic heterocycles. The second-order valence-electron chi connectivity index (χ2n) is 4.17. The molecule has 3 rings (SSSR count).